The van der Waals surface area contributed by atoms with Crippen LogP contribution in [0.1, 0.15) is 72.1 Å². The second-order valence-corrected chi connectivity index (χ2v) is 12.7. The molecular formula is C39H35F5N6O7. The molecule has 13 nitrogen and oxygen atoms in total. The average molecular weight is 795 g/mol. The maximum Gasteiger partial charge on any atom is 0.311 e. The molecule has 18 heteroatoms. The number of amides is 3. The summed E-state index contributed by atoms with van der Waals surface area (Å²) in [6.45, 7) is 1.03. The summed E-state index contributed by atoms with van der Waals surface area (Å²) in [6, 6.07) is 17.6. The number of para-hydroxylation sites is 2. The molecule has 5 rings (SSSR count). The van der Waals surface area contributed by atoms with Gasteiger partial charge < -0.3 is 15.5 Å². The molecule has 0 unspecified atom stereocenters. The number of nitro benzene ring substituents is 1. The van der Waals surface area contributed by atoms with E-state index in [-0.39, 0.29) is 36.4 Å². The van der Waals surface area contributed by atoms with Gasteiger partial charge in [-0.3, -0.25) is 34.6 Å². The molecule has 0 saturated heterocycles. The number of anilines is 1. The normalized spacial score (nSPS) is 11.0. The highest BCUT2D eigenvalue weighted by molar-refractivity contribution is 6.16. The summed E-state index contributed by atoms with van der Waals surface area (Å²) in [5.74, 6) is -16.2. The van der Waals surface area contributed by atoms with Crippen LogP contribution in [0, 0.1) is 39.2 Å². The number of non-ortho nitro benzene ring substituents is 1. The number of carbonyl (C=O) groups excluding carboxylic acids is 4. The monoisotopic (exact) mass is 794 g/mol. The SMILES string of the molecule is O=C(CCCCC(=O)Oc1c(F)c(F)c(F)c(F)c1F)NC(=O)c1cccc2c(NNCCCCCCNC(=O)c3ccc([N+](=O)[O-])cc3)c3ccccc3nc12. The zero-order chi connectivity index (χ0) is 41.1. The molecule has 0 atom stereocenters. The van der Waals surface area contributed by atoms with Gasteiger partial charge >= 0.3 is 5.97 Å². The number of fused-ring (bicyclic) bond motifs is 2. The summed E-state index contributed by atoms with van der Waals surface area (Å²) in [4.78, 5) is 65.1. The summed E-state index contributed by atoms with van der Waals surface area (Å²) in [7, 11) is 0. The van der Waals surface area contributed by atoms with Crippen molar-refractivity contribution in [2.75, 3.05) is 18.5 Å². The molecule has 4 N–H and O–H groups in total. The zero-order valence-corrected chi connectivity index (χ0v) is 30.1. The Bertz CT molecular complexity index is 2300. The Morgan fingerprint density at radius 2 is 1.32 bits per heavy atom. The second-order valence-electron chi connectivity index (χ2n) is 12.7. The van der Waals surface area contributed by atoms with E-state index >= 15 is 0 Å². The smallest absolute Gasteiger partial charge is 0.311 e. The molecule has 4 aromatic carbocycles. The zero-order valence-electron chi connectivity index (χ0n) is 30.1. The third kappa shape index (κ3) is 10.4. The number of nitro groups is 1. The van der Waals surface area contributed by atoms with E-state index in [0.29, 0.717) is 40.8 Å². The van der Waals surface area contributed by atoms with E-state index < -0.39 is 64.0 Å². The average Bonchev–Trinajstić information content (AvgIpc) is 3.21. The van der Waals surface area contributed by atoms with Crippen LogP contribution in [0.2, 0.25) is 0 Å². The Kier molecular flexibility index (Phi) is 14.1. The van der Waals surface area contributed by atoms with Crippen molar-refractivity contribution in [1.29, 1.82) is 0 Å². The number of halogens is 5. The van der Waals surface area contributed by atoms with Crippen molar-refractivity contribution in [3.05, 3.63) is 117 Å². The number of ether oxygens (including phenoxy) is 1. The summed E-state index contributed by atoms with van der Waals surface area (Å²) in [5.41, 5.74) is 8.35. The summed E-state index contributed by atoms with van der Waals surface area (Å²) < 4.78 is 71.9. The van der Waals surface area contributed by atoms with Gasteiger partial charge in [-0.2, -0.15) is 8.78 Å². The van der Waals surface area contributed by atoms with Gasteiger partial charge in [0.15, 0.2) is 0 Å². The van der Waals surface area contributed by atoms with E-state index in [1.54, 1.807) is 24.3 Å². The van der Waals surface area contributed by atoms with E-state index in [1.807, 2.05) is 12.1 Å². The fraction of sp³-hybridized carbons (Fsp3) is 0.256. The minimum Gasteiger partial charge on any atom is -0.420 e. The fourth-order valence-corrected chi connectivity index (χ4v) is 5.76. The van der Waals surface area contributed by atoms with Crippen LogP contribution in [0.4, 0.5) is 33.3 Å². The van der Waals surface area contributed by atoms with E-state index in [9.17, 15) is 51.2 Å². The van der Waals surface area contributed by atoms with Gasteiger partial charge in [-0.15, -0.1) is 0 Å². The van der Waals surface area contributed by atoms with Gasteiger partial charge in [-0.1, -0.05) is 43.2 Å². The third-order valence-electron chi connectivity index (χ3n) is 8.70. The number of imide groups is 1. The first-order valence-electron chi connectivity index (χ1n) is 17.8. The molecule has 298 valence electrons. The molecule has 1 heterocycles. The Labute approximate surface area is 321 Å². The first kappa shape index (κ1) is 41.6. The number of esters is 1. The number of nitrogens with one attached hydrogen (secondary N) is 4. The van der Waals surface area contributed by atoms with Gasteiger partial charge in [0.05, 0.1) is 27.2 Å². The van der Waals surface area contributed by atoms with Gasteiger partial charge in [0.1, 0.15) is 0 Å². The van der Waals surface area contributed by atoms with Crippen molar-refractivity contribution in [1.82, 2.24) is 21.0 Å². The minimum absolute atomic E-state index is 0.0182. The van der Waals surface area contributed by atoms with E-state index in [2.05, 4.69) is 31.2 Å². The Morgan fingerprint density at radius 3 is 2.02 bits per heavy atom. The van der Waals surface area contributed by atoms with Crippen molar-refractivity contribution in [3.8, 4) is 5.75 Å². The summed E-state index contributed by atoms with van der Waals surface area (Å²) >= 11 is 0. The molecule has 3 amide bonds. The van der Waals surface area contributed by atoms with Gasteiger partial charge in [0.25, 0.3) is 17.5 Å². The molecule has 1 aromatic heterocycles. The van der Waals surface area contributed by atoms with E-state index in [4.69, 9.17) is 0 Å². The van der Waals surface area contributed by atoms with Crippen molar-refractivity contribution < 1.29 is 50.8 Å². The fourth-order valence-electron chi connectivity index (χ4n) is 5.76. The maximum absolute atomic E-state index is 13.8. The molecular weight excluding hydrogens is 759 g/mol. The lowest BCUT2D eigenvalue weighted by atomic mass is 10.0. The third-order valence-corrected chi connectivity index (χ3v) is 8.70. The minimum atomic E-state index is -2.39. The molecule has 57 heavy (non-hydrogen) atoms. The highest BCUT2D eigenvalue weighted by Gasteiger charge is 2.28. The standard InChI is InChI=1S/C39H35F5N6O7/c40-30-31(41)33(43)37(34(44)32(30)42)57-29(52)15-6-5-14-28(51)48-39(54)26-12-9-11-25-35(26)47-27-13-4-3-10-24(27)36(25)49-46-21-8-2-1-7-20-45-38(53)22-16-18-23(19-17-22)50(55)56/h3-4,9-13,16-19,46H,1-2,5-8,14-15,20-21H2,(H,45,53)(H,47,49)(H,48,51,54). The molecule has 0 spiro atoms. The molecule has 5 aromatic rings. The van der Waals surface area contributed by atoms with E-state index in [1.165, 1.54) is 30.3 Å². The Hall–Kier alpha value is -6.56. The first-order chi connectivity index (χ1) is 27.4. The molecule has 0 fully saturated rings. The number of benzene rings is 4. The van der Waals surface area contributed by atoms with Crippen LogP contribution in [-0.4, -0.2) is 46.7 Å². The lowest BCUT2D eigenvalue weighted by Gasteiger charge is -2.16. The van der Waals surface area contributed by atoms with Gasteiger partial charge in [-0.05, 0) is 49.9 Å². The maximum atomic E-state index is 13.8. The van der Waals surface area contributed by atoms with Crippen LogP contribution in [0.5, 0.6) is 5.75 Å². The molecule has 0 bridgehead atoms. The first-order valence-corrected chi connectivity index (χ1v) is 17.8. The van der Waals surface area contributed by atoms with Crippen molar-refractivity contribution >= 4 is 56.9 Å². The van der Waals surface area contributed by atoms with Crippen LogP contribution in [0.3, 0.4) is 0 Å². The predicted molar refractivity (Wildman–Crippen MR) is 198 cm³/mol. The molecule has 0 radical (unpaired) electrons. The quantitative estimate of drug-likeness (QED) is 0.00808. The topological polar surface area (TPSA) is 182 Å². The Morgan fingerprint density at radius 1 is 0.684 bits per heavy atom. The number of hydrazine groups is 1. The van der Waals surface area contributed by atoms with Crippen LogP contribution >= 0.6 is 0 Å². The molecule has 0 aliphatic heterocycles. The number of aromatic nitrogens is 1. The van der Waals surface area contributed by atoms with Crippen LogP contribution in [0.25, 0.3) is 21.8 Å². The number of carbonyl (C=O) groups is 4. The lowest BCUT2D eigenvalue weighted by molar-refractivity contribution is -0.384. The summed E-state index contributed by atoms with van der Waals surface area (Å²) in [6.07, 6.45) is 2.44. The number of hydrogen-bond acceptors (Lipinski definition) is 10. The van der Waals surface area contributed by atoms with Crippen molar-refractivity contribution in [3.63, 3.8) is 0 Å². The number of nitrogens with zero attached hydrogens (tertiary/aromatic N) is 2. The molecule has 0 aliphatic carbocycles. The predicted octanol–water partition coefficient (Wildman–Crippen LogP) is 7.32. The highest BCUT2D eigenvalue weighted by Crippen LogP contribution is 2.32. The largest absolute Gasteiger partial charge is 0.420 e. The number of rotatable bonds is 18. The summed E-state index contributed by atoms with van der Waals surface area (Å²) in [5, 5.41) is 17.3. The lowest BCUT2D eigenvalue weighted by Crippen LogP contribution is -2.30. The van der Waals surface area contributed by atoms with Crippen molar-refractivity contribution in [2.45, 2.75) is 51.4 Å². The molecule has 0 saturated carbocycles. The van der Waals surface area contributed by atoms with Crippen LogP contribution in [-0.2, 0) is 9.59 Å². The number of hydrogen-bond donors (Lipinski definition) is 4. The number of pyridine rings is 1. The highest BCUT2D eigenvalue weighted by atomic mass is 19.2. The van der Waals surface area contributed by atoms with Crippen LogP contribution < -0.4 is 26.2 Å². The van der Waals surface area contributed by atoms with Gasteiger partial charge in [-0.25, -0.2) is 23.6 Å². The van der Waals surface area contributed by atoms with Crippen LogP contribution in [0.15, 0.2) is 66.7 Å². The van der Waals surface area contributed by atoms with Crippen molar-refractivity contribution in [2.24, 2.45) is 0 Å². The second kappa shape index (κ2) is 19.3. The van der Waals surface area contributed by atoms with E-state index in [0.717, 1.165) is 31.1 Å². The Balaban J connectivity index is 1.09. The molecule has 0 aliphatic rings. The van der Waals surface area contributed by atoms with Gasteiger partial charge in [0.2, 0.25) is 40.7 Å². The number of unbranched alkanes of at least 4 members (excludes halogenated alkanes) is 4. The van der Waals surface area contributed by atoms with Gasteiger partial charge in [0, 0.05) is 54.4 Å².